The third-order valence-corrected chi connectivity index (χ3v) is 4.00. The van der Waals surface area contributed by atoms with E-state index in [0.29, 0.717) is 0 Å². The molecule has 1 heterocycles. The Morgan fingerprint density at radius 2 is 1.36 bits per heavy atom. The molecule has 0 aromatic heterocycles. The summed E-state index contributed by atoms with van der Waals surface area (Å²) in [7, 11) is -1.27. The lowest BCUT2D eigenvalue weighted by Gasteiger charge is -2.43. The normalized spacial score (nSPS) is 28.0. The maximum absolute atomic E-state index is 11.6. The zero-order chi connectivity index (χ0) is 21.4. The zero-order valence-corrected chi connectivity index (χ0v) is 16.9. The fourth-order valence-electron chi connectivity index (χ4n) is 2.41. The van der Waals surface area contributed by atoms with Gasteiger partial charge in [0, 0.05) is 34.8 Å². The van der Waals surface area contributed by atoms with E-state index in [0.717, 1.165) is 34.8 Å². The molecule has 0 aromatic rings. The van der Waals surface area contributed by atoms with Crippen molar-refractivity contribution in [2.24, 2.45) is 0 Å². The summed E-state index contributed by atoms with van der Waals surface area (Å²) in [6, 6.07) is 0. The van der Waals surface area contributed by atoms with Gasteiger partial charge in [-0.05, 0) is 0 Å². The van der Waals surface area contributed by atoms with E-state index in [4.69, 9.17) is 28.2 Å². The highest BCUT2D eigenvalue weighted by atomic mass is 31.2. The summed E-state index contributed by atoms with van der Waals surface area (Å²) >= 11 is 0. The van der Waals surface area contributed by atoms with Gasteiger partial charge in [0.05, 0.1) is 0 Å². The van der Waals surface area contributed by atoms with Crippen molar-refractivity contribution in [2.45, 2.75) is 58.4 Å². The van der Waals surface area contributed by atoms with E-state index >= 15 is 0 Å². The Kier molecular flexibility index (Phi) is 9.70. The average molecular weight is 426 g/mol. The van der Waals surface area contributed by atoms with Crippen LogP contribution in [0.5, 0.6) is 0 Å². The molecule has 0 bridgehead atoms. The van der Waals surface area contributed by atoms with Gasteiger partial charge in [-0.1, -0.05) is 0 Å². The van der Waals surface area contributed by atoms with E-state index in [2.05, 4.69) is 4.52 Å². The molecule has 1 N–H and O–H groups in total. The second kappa shape index (κ2) is 11.2. The minimum atomic E-state index is -2.44. The molecule has 0 radical (unpaired) electrons. The van der Waals surface area contributed by atoms with E-state index in [1.807, 2.05) is 0 Å². The summed E-state index contributed by atoms with van der Waals surface area (Å²) < 4.78 is 35.8. The second-order valence-corrected chi connectivity index (χ2v) is 6.65. The van der Waals surface area contributed by atoms with Gasteiger partial charge in [-0.15, -0.1) is 0 Å². The van der Waals surface area contributed by atoms with E-state index < -0.39 is 69.8 Å². The largest absolute Gasteiger partial charge is 0.463 e. The van der Waals surface area contributed by atoms with Crippen LogP contribution in [0.3, 0.4) is 0 Å². The molecule has 0 aromatic carbocycles. The molecule has 12 nitrogen and oxygen atoms in total. The van der Waals surface area contributed by atoms with E-state index in [-0.39, 0.29) is 0 Å². The van der Waals surface area contributed by atoms with Crippen LogP contribution in [-0.2, 0) is 51.9 Å². The minimum Gasteiger partial charge on any atom is -0.463 e. The molecule has 0 aliphatic carbocycles. The molecule has 0 spiro atoms. The third-order valence-electron chi connectivity index (χ3n) is 3.30. The fourth-order valence-corrected chi connectivity index (χ4v) is 2.84. The van der Waals surface area contributed by atoms with Gasteiger partial charge in [0.2, 0.25) is 6.29 Å². The molecule has 0 saturated carbocycles. The Morgan fingerprint density at radius 3 is 1.82 bits per heavy atom. The molecular weight excluding hydrogens is 403 g/mol. The van der Waals surface area contributed by atoms with Gasteiger partial charge in [0.25, 0.3) is 0 Å². The Balaban J connectivity index is 3.28. The minimum absolute atomic E-state index is 0.395. The number of carbonyl (C=O) groups is 4. The van der Waals surface area contributed by atoms with E-state index in [1.54, 1.807) is 0 Å². The van der Waals surface area contributed by atoms with Crippen LogP contribution in [0.2, 0.25) is 0 Å². The Labute approximate surface area is 162 Å². The van der Waals surface area contributed by atoms with Gasteiger partial charge in [-0.25, -0.2) is 0 Å². The van der Waals surface area contributed by atoms with Crippen molar-refractivity contribution < 1.29 is 56.8 Å². The molecular formula is C15H23O12P. The van der Waals surface area contributed by atoms with Crippen molar-refractivity contribution in [3.63, 3.8) is 0 Å². The van der Waals surface area contributed by atoms with Gasteiger partial charge < -0.3 is 33.1 Å². The summed E-state index contributed by atoms with van der Waals surface area (Å²) in [5.74, 6) is -2.95. The van der Waals surface area contributed by atoms with Gasteiger partial charge in [-0.2, -0.15) is 0 Å². The standard InChI is InChI=1S/C15H23O12P/c1-7(16)22-6-11-12(23-8(2)17)13(24-9(3)18)14(25-10(4)19)15(26-11)27-28(20)21-5/h11-15,20H,6H2,1-5H3/t11-,12-,13+,14-,15+,28?/m1/s1. The molecule has 1 unspecified atom stereocenters. The molecule has 1 rings (SSSR count). The zero-order valence-electron chi connectivity index (χ0n) is 16.0. The first-order chi connectivity index (χ1) is 13.0. The van der Waals surface area contributed by atoms with Crippen LogP contribution >= 0.6 is 8.60 Å². The average Bonchev–Trinajstić information content (AvgIpc) is 2.57. The second-order valence-electron chi connectivity index (χ2n) is 5.59. The SMILES string of the molecule is COP(O)O[C@@H]1O[C@H](COC(C)=O)[C@@H](OC(C)=O)[C@H](OC(C)=O)[C@H]1OC(C)=O. The van der Waals surface area contributed by atoms with Crippen LogP contribution in [0.15, 0.2) is 0 Å². The molecule has 1 aliphatic rings. The van der Waals surface area contributed by atoms with Gasteiger partial charge in [-0.3, -0.25) is 23.7 Å². The summed E-state index contributed by atoms with van der Waals surface area (Å²) in [5, 5.41) is 0. The fraction of sp³-hybridized carbons (Fsp3) is 0.733. The number of rotatable bonds is 8. The highest BCUT2D eigenvalue weighted by molar-refractivity contribution is 7.40. The lowest BCUT2D eigenvalue weighted by atomic mass is 9.98. The first-order valence-corrected chi connectivity index (χ1v) is 9.18. The van der Waals surface area contributed by atoms with Crippen LogP contribution in [0.1, 0.15) is 27.7 Å². The van der Waals surface area contributed by atoms with Crippen LogP contribution in [0, 0.1) is 0 Å². The molecule has 0 amide bonds. The van der Waals surface area contributed by atoms with Gasteiger partial charge in [0.1, 0.15) is 12.7 Å². The first kappa shape index (κ1) is 24.2. The Bertz CT molecular complexity index is 581. The van der Waals surface area contributed by atoms with Crippen LogP contribution < -0.4 is 0 Å². The Morgan fingerprint density at radius 1 is 0.857 bits per heavy atom. The van der Waals surface area contributed by atoms with Gasteiger partial charge >= 0.3 is 32.5 Å². The highest BCUT2D eigenvalue weighted by Gasteiger charge is 2.53. The van der Waals surface area contributed by atoms with Crippen LogP contribution in [0.4, 0.5) is 0 Å². The van der Waals surface area contributed by atoms with Crippen LogP contribution in [0.25, 0.3) is 0 Å². The summed E-state index contributed by atoms with van der Waals surface area (Å²) in [4.78, 5) is 55.5. The quantitative estimate of drug-likeness (QED) is 0.314. The van der Waals surface area contributed by atoms with Crippen LogP contribution in [-0.4, -0.2) is 73.2 Å². The predicted molar refractivity (Wildman–Crippen MR) is 89.2 cm³/mol. The number of carbonyl (C=O) groups excluding carboxylic acids is 4. The predicted octanol–water partition coefficient (Wildman–Crippen LogP) is -0.0483. The monoisotopic (exact) mass is 426 g/mol. The molecule has 6 atom stereocenters. The maximum Gasteiger partial charge on any atom is 0.332 e. The molecule has 28 heavy (non-hydrogen) atoms. The Hall–Kier alpha value is -1.85. The van der Waals surface area contributed by atoms with E-state index in [9.17, 15) is 24.1 Å². The summed E-state index contributed by atoms with van der Waals surface area (Å²) in [6.07, 6.45) is -6.71. The topological polar surface area (TPSA) is 153 Å². The van der Waals surface area contributed by atoms with Crippen molar-refractivity contribution in [1.82, 2.24) is 0 Å². The van der Waals surface area contributed by atoms with Gasteiger partial charge in [0.15, 0.2) is 18.3 Å². The summed E-state index contributed by atoms with van der Waals surface area (Å²) in [6.45, 7) is 4.05. The van der Waals surface area contributed by atoms with Crippen molar-refractivity contribution in [1.29, 1.82) is 0 Å². The third kappa shape index (κ3) is 7.64. The summed E-state index contributed by atoms with van der Waals surface area (Å²) in [5.41, 5.74) is 0. The molecule has 1 saturated heterocycles. The molecule has 13 heteroatoms. The maximum atomic E-state index is 11.6. The lowest BCUT2D eigenvalue weighted by molar-refractivity contribution is -0.289. The number of ether oxygens (including phenoxy) is 5. The molecule has 160 valence electrons. The van der Waals surface area contributed by atoms with Crippen molar-refractivity contribution in [2.75, 3.05) is 13.7 Å². The number of esters is 4. The van der Waals surface area contributed by atoms with Crippen molar-refractivity contribution >= 4 is 32.5 Å². The highest BCUT2D eigenvalue weighted by Crippen LogP contribution is 2.39. The lowest BCUT2D eigenvalue weighted by Crippen LogP contribution is -2.62. The number of hydrogen-bond donors (Lipinski definition) is 1. The van der Waals surface area contributed by atoms with Crippen molar-refractivity contribution in [3.05, 3.63) is 0 Å². The molecule has 1 aliphatic heterocycles. The molecule has 1 fully saturated rings. The number of hydrogen-bond acceptors (Lipinski definition) is 12. The van der Waals surface area contributed by atoms with Crippen molar-refractivity contribution in [3.8, 4) is 0 Å². The van der Waals surface area contributed by atoms with E-state index in [1.165, 1.54) is 0 Å². The first-order valence-electron chi connectivity index (χ1n) is 8.05. The smallest absolute Gasteiger partial charge is 0.332 e.